The number of hydrogen-bond acceptors (Lipinski definition) is 2. The summed E-state index contributed by atoms with van der Waals surface area (Å²) in [5.74, 6) is 0. The molecule has 0 aromatic rings. The lowest BCUT2D eigenvalue weighted by atomic mass is 10.2. The van der Waals surface area contributed by atoms with Crippen LogP contribution in [0.15, 0.2) is 0 Å². The van der Waals surface area contributed by atoms with Gasteiger partial charge < -0.3 is 4.74 Å². The molecular weight excluding hydrogens is 230 g/mol. The van der Waals surface area contributed by atoms with E-state index in [1.54, 1.807) is 7.11 Å². The summed E-state index contributed by atoms with van der Waals surface area (Å²) in [4.78, 5) is 2.60. The van der Waals surface area contributed by atoms with Crippen molar-refractivity contribution in [3.63, 3.8) is 0 Å². The molecule has 2 unspecified atom stereocenters. The van der Waals surface area contributed by atoms with Crippen LogP contribution >= 0.6 is 15.9 Å². The first kappa shape index (κ1) is 11.5. The summed E-state index contributed by atoms with van der Waals surface area (Å²) in [5.41, 5.74) is 0. The maximum atomic E-state index is 5.10. The van der Waals surface area contributed by atoms with E-state index < -0.39 is 0 Å². The van der Waals surface area contributed by atoms with E-state index in [2.05, 4.69) is 27.8 Å². The molecular formula is C10H20BrNO. The number of ether oxygens (including phenoxy) is 1. The van der Waals surface area contributed by atoms with E-state index in [0.29, 0.717) is 6.04 Å². The molecule has 0 N–H and O–H groups in total. The zero-order valence-corrected chi connectivity index (χ0v) is 10.2. The van der Waals surface area contributed by atoms with E-state index >= 15 is 0 Å². The van der Waals surface area contributed by atoms with Crippen LogP contribution in [0.4, 0.5) is 0 Å². The first-order chi connectivity index (χ1) is 6.29. The van der Waals surface area contributed by atoms with Crippen LogP contribution in [0.2, 0.25) is 0 Å². The molecule has 1 saturated heterocycles. The highest BCUT2D eigenvalue weighted by Crippen LogP contribution is 2.22. The fourth-order valence-electron chi connectivity index (χ4n) is 2.06. The molecule has 0 aromatic carbocycles. The summed E-state index contributed by atoms with van der Waals surface area (Å²) < 4.78 is 5.10. The van der Waals surface area contributed by atoms with Gasteiger partial charge in [-0.1, -0.05) is 15.9 Å². The predicted octanol–water partition coefficient (Wildman–Crippen LogP) is 2.27. The van der Waals surface area contributed by atoms with Crippen LogP contribution in [-0.2, 0) is 4.74 Å². The normalized spacial score (nSPS) is 26.5. The van der Waals surface area contributed by atoms with Gasteiger partial charge >= 0.3 is 0 Å². The van der Waals surface area contributed by atoms with Crippen molar-refractivity contribution in [1.82, 2.24) is 4.90 Å². The number of hydrogen-bond donors (Lipinski definition) is 0. The first-order valence-corrected chi connectivity index (χ1v) is 6.22. The largest absolute Gasteiger partial charge is 0.385 e. The van der Waals surface area contributed by atoms with E-state index in [0.717, 1.165) is 24.4 Å². The van der Waals surface area contributed by atoms with E-state index in [-0.39, 0.29) is 0 Å². The number of methoxy groups -OCH3 is 1. The minimum absolute atomic E-state index is 0.671. The van der Waals surface area contributed by atoms with Crippen molar-refractivity contribution in [2.75, 3.05) is 25.6 Å². The van der Waals surface area contributed by atoms with Gasteiger partial charge in [-0.3, -0.25) is 4.90 Å². The fourth-order valence-corrected chi connectivity index (χ4v) is 2.75. The van der Waals surface area contributed by atoms with Crippen molar-refractivity contribution < 1.29 is 4.74 Å². The van der Waals surface area contributed by atoms with Gasteiger partial charge in [-0.15, -0.1) is 0 Å². The van der Waals surface area contributed by atoms with E-state index in [1.165, 1.54) is 19.4 Å². The Balaban J connectivity index is 2.31. The van der Waals surface area contributed by atoms with Crippen molar-refractivity contribution in [2.45, 2.75) is 38.3 Å². The van der Waals surface area contributed by atoms with Gasteiger partial charge in [0.2, 0.25) is 0 Å². The lowest BCUT2D eigenvalue weighted by Gasteiger charge is -2.29. The van der Waals surface area contributed by atoms with E-state index in [9.17, 15) is 0 Å². The van der Waals surface area contributed by atoms with Crippen molar-refractivity contribution in [3.05, 3.63) is 0 Å². The maximum Gasteiger partial charge on any atom is 0.0477 e. The molecule has 1 aliphatic heterocycles. The highest BCUT2D eigenvalue weighted by atomic mass is 79.9. The molecule has 0 amide bonds. The number of nitrogens with zero attached hydrogens (tertiary/aromatic N) is 1. The molecule has 0 bridgehead atoms. The molecule has 0 aromatic heterocycles. The van der Waals surface area contributed by atoms with Crippen LogP contribution in [0.1, 0.15) is 26.2 Å². The smallest absolute Gasteiger partial charge is 0.0477 e. The standard InChI is InChI=1S/C10H20BrNO/c1-9(5-7-13-2)12-6-3-4-10(12)8-11/h9-10H,3-8H2,1-2H3. The van der Waals surface area contributed by atoms with Crippen LogP contribution < -0.4 is 0 Å². The van der Waals surface area contributed by atoms with Gasteiger partial charge in [-0.05, 0) is 32.7 Å². The van der Waals surface area contributed by atoms with Gasteiger partial charge in [-0.25, -0.2) is 0 Å². The van der Waals surface area contributed by atoms with Gasteiger partial charge in [0.05, 0.1) is 0 Å². The van der Waals surface area contributed by atoms with E-state index in [1.807, 2.05) is 0 Å². The van der Waals surface area contributed by atoms with Crippen molar-refractivity contribution in [3.8, 4) is 0 Å². The summed E-state index contributed by atoms with van der Waals surface area (Å²) in [6.45, 7) is 4.45. The Morgan fingerprint density at radius 3 is 3.00 bits per heavy atom. The zero-order valence-electron chi connectivity index (χ0n) is 8.63. The number of alkyl halides is 1. The Bertz CT molecular complexity index is 143. The van der Waals surface area contributed by atoms with Gasteiger partial charge in [0.25, 0.3) is 0 Å². The molecule has 0 aliphatic carbocycles. The molecule has 0 spiro atoms. The van der Waals surface area contributed by atoms with Gasteiger partial charge in [0.1, 0.15) is 0 Å². The minimum atomic E-state index is 0.671. The molecule has 13 heavy (non-hydrogen) atoms. The van der Waals surface area contributed by atoms with Crippen molar-refractivity contribution in [1.29, 1.82) is 0 Å². The third-order valence-electron chi connectivity index (χ3n) is 2.91. The Kier molecular flexibility index (Phi) is 5.29. The highest BCUT2D eigenvalue weighted by Gasteiger charge is 2.26. The van der Waals surface area contributed by atoms with Crippen molar-refractivity contribution >= 4 is 15.9 Å². The average molecular weight is 250 g/mol. The van der Waals surface area contributed by atoms with E-state index in [4.69, 9.17) is 4.74 Å². The molecule has 3 heteroatoms. The summed E-state index contributed by atoms with van der Waals surface area (Å²) in [7, 11) is 1.78. The Morgan fingerprint density at radius 1 is 1.62 bits per heavy atom. The second-order valence-electron chi connectivity index (χ2n) is 3.82. The third kappa shape index (κ3) is 3.22. The minimum Gasteiger partial charge on any atom is -0.385 e. The van der Waals surface area contributed by atoms with Crippen LogP contribution in [-0.4, -0.2) is 42.6 Å². The second kappa shape index (κ2) is 5.99. The molecule has 2 nitrogen and oxygen atoms in total. The quantitative estimate of drug-likeness (QED) is 0.694. The number of halogens is 1. The molecule has 1 fully saturated rings. The monoisotopic (exact) mass is 249 g/mol. The van der Waals surface area contributed by atoms with Crippen LogP contribution in [0.5, 0.6) is 0 Å². The van der Waals surface area contributed by atoms with Gasteiger partial charge in [0.15, 0.2) is 0 Å². The predicted molar refractivity (Wildman–Crippen MR) is 59.5 cm³/mol. The fraction of sp³-hybridized carbons (Fsp3) is 1.00. The SMILES string of the molecule is COCCC(C)N1CCCC1CBr. The van der Waals surface area contributed by atoms with Gasteiger partial charge in [-0.2, -0.15) is 0 Å². The summed E-state index contributed by atoms with van der Waals surface area (Å²) >= 11 is 3.58. The van der Waals surface area contributed by atoms with Crippen LogP contribution in [0.25, 0.3) is 0 Å². The molecule has 78 valence electrons. The molecule has 0 saturated carbocycles. The summed E-state index contributed by atoms with van der Waals surface area (Å²) in [6.07, 6.45) is 3.86. The maximum absolute atomic E-state index is 5.10. The Morgan fingerprint density at radius 2 is 2.38 bits per heavy atom. The van der Waals surface area contributed by atoms with Crippen LogP contribution in [0.3, 0.4) is 0 Å². The highest BCUT2D eigenvalue weighted by molar-refractivity contribution is 9.09. The Hall–Kier alpha value is 0.400. The molecule has 1 heterocycles. The average Bonchev–Trinajstić information content (AvgIpc) is 2.61. The first-order valence-electron chi connectivity index (χ1n) is 5.10. The van der Waals surface area contributed by atoms with Crippen LogP contribution in [0, 0.1) is 0 Å². The zero-order chi connectivity index (χ0) is 9.68. The second-order valence-corrected chi connectivity index (χ2v) is 4.47. The molecule has 1 rings (SSSR count). The molecule has 0 radical (unpaired) electrons. The molecule has 2 atom stereocenters. The summed E-state index contributed by atoms with van der Waals surface area (Å²) in [5, 5.41) is 1.12. The number of rotatable bonds is 5. The lowest BCUT2D eigenvalue weighted by Crippen LogP contribution is -2.38. The van der Waals surface area contributed by atoms with Gasteiger partial charge in [0, 0.05) is 31.1 Å². The molecule has 1 aliphatic rings. The lowest BCUT2D eigenvalue weighted by molar-refractivity contribution is 0.136. The van der Waals surface area contributed by atoms with Crippen molar-refractivity contribution in [2.24, 2.45) is 0 Å². The topological polar surface area (TPSA) is 12.5 Å². The number of likely N-dealkylation sites (tertiary alicyclic amines) is 1. The third-order valence-corrected chi connectivity index (χ3v) is 3.65. The summed E-state index contributed by atoms with van der Waals surface area (Å²) in [6, 6.07) is 1.43. The Labute approximate surface area is 89.8 Å².